The van der Waals surface area contributed by atoms with Gasteiger partial charge >= 0.3 is 0 Å². The molecule has 0 aliphatic rings. The lowest BCUT2D eigenvalue weighted by Gasteiger charge is -1.94. The van der Waals surface area contributed by atoms with Crippen molar-refractivity contribution in [3.05, 3.63) is 32.2 Å². The highest BCUT2D eigenvalue weighted by Gasteiger charge is 2.10. The lowest BCUT2D eigenvalue weighted by Crippen LogP contribution is -2.06. The molecule has 84 valence electrons. The Morgan fingerprint density at radius 3 is 1.81 bits per heavy atom. The molecule has 2 aromatic rings. The minimum atomic E-state index is 0.184. The molecule has 0 saturated carbocycles. The van der Waals surface area contributed by atoms with E-state index in [0.29, 0.717) is 12.8 Å². The summed E-state index contributed by atoms with van der Waals surface area (Å²) in [5.74, 6) is 0.184. The molecule has 0 radical (unpaired) electrons. The minimum Gasteiger partial charge on any atom is -0.299 e. The van der Waals surface area contributed by atoms with E-state index in [1.54, 1.807) is 22.7 Å². The highest BCUT2D eigenvalue weighted by atomic mass is 32.1. The molecular formula is C11H12N2OS2. The van der Waals surface area contributed by atoms with Crippen LogP contribution in [0.3, 0.4) is 0 Å². The predicted molar refractivity (Wildman–Crippen MR) is 66.1 cm³/mol. The second kappa shape index (κ2) is 4.84. The molecule has 0 fully saturated rings. The molecule has 16 heavy (non-hydrogen) atoms. The second-order valence-electron chi connectivity index (χ2n) is 3.66. The minimum absolute atomic E-state index is 0.184. The molecule has 2 rings (SSSR count). The van der Waals surface area contributed by atoms with Crippen LogP contribution in [0.25, 0.3) is 0 Å². The van der Waals surface area contributed by atoms with Crippen LogP contribution >= 0.6 is 22.7 Å². The van der Waals surface area contributed by atoms with Gasteiger partial charge in [0.15, 0.2) is 0 Å². The zero-order chi connectivity index (χ0) is 11.5. The van der Waals surface area contributed by atoms with Crippen LogP contribution in [0.2, 0.25) is 0 Å². The largest absolute Gasteiger partial charge is 0.299 e. The topological polar surface area (TPSA) is 42.9 Å². The van der Waals surface area contributed by atoms with Crippen molar-refractivity contribution in [1.82, 2.24) is 9.97 Å². The molecule has 0 bridgehead atoms. The Morgan fingerprint density at radius 1 is 1.06 bits per heavy atom. The van der Waals surface area contributed by atoms with E-state index < -0.39 is 0 Å². The highest BCUT2D eigenvalue weighted by molar-refractivity contribution is 7.10. The quantitative estimate of drug-likeness (QED) is 0.840. The smallest absolute Gasteiger partial charge is 0.146 e. The normalized spacial score (nSPS) is 10.6. The van der Waals surface area contributed by atoms with E-state index in [-0.39, 0.29) is 5.78 Å². The number of hydrogen-bond acceptors (Lipinski definition) is 5. The zero-order valence-corrected chi connectivity index (χ0v) is 10.8. The SMILES string of the molecule is Cc1csc(CC(=O)Cc2nc(C)cs2)n1. The lowest BCUT2D eigenvalue weighted by atomic mass is 10.2. The summed E-state index contributed by atoms with van der Waals surface area (Å²) in [6.07, 6.45) is 0.855. The summed E-state index contributed by atoms with van der Waals surface area (Å²) >= 11 is 3.09. The first-order chi connectivity index (χ1) is 7.63. The van der Waals surface area contributed by atoms with Gasteiger partial charge in [-0.05, 0) is 13.8 Å². The molecule has 0 aliphatic heterocycles. The van der Waals surface area contributed by atoms with E-state index in [2.05, 4.69) is 9.97 Å². The van der Waals surface area contributed by atoms with Gasteiger partial charge in [0.05, 0.1) is 12.8 Å². The Morgan fingerprint density at radius 2 is 1.50 bits per heavy atom. The monoisotopic (exact) mass is 252 g/mol. The fourth-order valence-corrected chi connectivity index (χ4v) is 2.97. The molecule has 2 heterocycles. The molecule has 0 atom stereocenters. The lowest BCUT2D eigenvalue weighted by molar-refractivity contribution is -0.117. The number of thiazole rings is 2. The number of hydrogen-bond donors (Lipinski definition) is 0. The van der Waals surface area contributed by atoms with Crippen LogP contribution < -0.4 is 0 Å². The van der Waals surface area contributed by atoms with Crippen LogP contribution in [0.15, 0.2) is 10.8 Å². The van der Waals surface area contributed by atoms with E-state index in [9.17, 15) is 4.79 Å². The molecule has 0 aliphatic carbocycles. The molecule has 2 aromatic heterocycles. The fourth-order valence-electron chi connectivity index (χ4n) is 1.37. The van der Waals surface area contributed by atoms with Gasteiger partial charge in [-0.2, -0.15) is 0 Å². The molecule has 0 aromatic carbocycles. The Hall–Kier alpha value is -1.07. The Kier molecular flexibility index (Phi) is 3.46. The molecule has 0 saturated heterocycles. The Balaban J connectivity index is 1.94. The Bertz CT molecular complexity index is 457. The zero-order valence-electron chi connectivity index (χ0n) is 9.19. The van der Waals surface area contributed by atoms with Crippen molar-refractivity contribution < 1.29 is 4.79 Å². The van der Waals surface area contributed by atoms with Gasteiger partial charge in [-0.25, -0.2) is 9.97 Å². The van der Waals surface area contributed by atoms with E-state index in [1.165, 1.54) is 0 Å². The van der Waals surface area contributed by atoms with Gasteiger partial charge in [0, 0.05) is 22.1 Å². The summed E-state index contributed by atoms with van der Waals surface area (Å²) in [5.41, 5.74) is 1.97. The van der Waals surface area contributed by atoms with E-state index in [0.717, 1.165) is 21.4 Å². The molecule has 0 unspecified atom stereocenters. The third-order valence-corrected chi connectivity index (χ3v) is 3.96. The van der Waals surface area contributed by atoms with Gasteiger partial charge in [-0.15, -0.1) is 22.7 Å². The van der Waals surface area contributed by atoms with Gasteiger partial charge in [0.25, 0.3) is 0 Å². The summed E-state index contributed by atoms with van der Waals surface area (Å²) in [5, 5.41) is 5.73. The average Bonchev–Trinajstić information content (AvgIpc) is 2.76. The number of ketones is 1. The maximum absolute atomic E-state index is 11.7. The predicted octanol–water partition coefficient (Wildman–Crippen LogP) is 2.57. The van der Waals surface area contributed by atoms with Crippen molar-refractivity contribution in [2.45, 2.75) is 26.7 Å². The third kappa shape index (κ3) is 2.96. The van der Waals surface area contributed by atoms with Crippen LogP contribution in [-0.4, -0.2) is 15.8 Å². The molecular weight excluding hydrogens is 240 g/mol. The van der Waals surface area contributed by atoms with Crippen molar-refractivity contribution >= 4 is 28.5 Å². The van der Waals surface area contributed by atoms with Crippen molar-refractivity contribution in [1.29, 1.82) is 0 Å². The molecule has 0 N–H and O–H groups in total. The van der Waals surface area contributed by atoms with Crippen LogP contribution in [0.5, 0.6) is 0 Å². The maximum atomic E-state index is 11.7. The summed E-state index contributed by atoms with van der Waals surface area (Å²) < 4.78 is 0. The van der Waals surface area contributed by atoms with Crippen LogP contribution in [0.1, 0.15) is 21.4 Å². The number of Topliss-reactive ketones (excluding diaryl/α,β-unsaturated/α-hetero) is 1. The average molecular weight is 252 g/mol. The van der Waals surface area contributed by atoms with E-state index in [1.807, 2.05) is 24.6 Å². The first kappa shape index (κ1) is 11.4. The molecule has 0 amide bonds. The molecule has 0 spiro atoms. The standard InChI is InChI=1S/C11H12N2OS2/c1-7-5-15-10(12-7)3-9(14)4-11-13-8(2)6-16-11/h5-6H,3-4H2,1-2H3. The first-order valence-electron chi connectivity index (χ1n) is 4.97. The van der Waals surface area contributed by atoms with Crippen LogP contribution in [0, 0.1) is 13.8 Å². The van der Waals surface area contributed by atoms with Crippen molar-refractivity contribution in [3.63, 3.8) is 0 Å². The molecule has 3 nitrogen and oxygen atoms in total. The van der Waals surface area contributed by atoms with Crippen molar-refractivity contribution in [2.24, 2.45) is 0 Å². The second-order valence-corrected chi connectivity index (χ2v) is 5.54. The maximum Gasteiger partial charge on any atom is 0.146 e. The Labute approximate surface area is 102 Å². The van der Waals surface area contributed by atoms with Gasteiger partial charge in [0.1, 0.15) is 15.8 Å². The van der Waals surface area contributed by atoms with Gasteiger partial charge in [-0.3, -0.25) is 4.79 Å². The van der Waals surface area contributed by atoms with E-state index in [4.69, 9.17) is 0 Å². The number of carbonyl (C=O) groups is 1. The highest BCUT2D eigenvalue weighted by Crippen LogP contribution is 2.13. The summed E-state index contributed by atoms with van der Waals surface area (Å²) in [4.78, 5) is 20.3. The number of aromatic nitrogens is 2. The summed E-state index contributed by atoms with van der Waals surface area (Å²) in [6, 6.07) is 0. The fraction of sp³-hybridized carbons (Fsp3) is 0.364. The van der Waals surface area contributed by atoms with Gasteiger partial charge < -0.3 is 0 Å². The number of aryl methyl sites for hydroxylation is 2. The first-order valence-corrected chi connectivity index (χ1v) is 6.73. The third-order valence-electron chi connectivity index (χ3n) is 2.03. The van der Waals surface area contributed by atoms with E-state index >= 15 is 0 Å². The van der Waals surface area contributed by atoms with Crippen LogP contribution in [0.4, 0.5) is 0 Å². The summed E-state index contributed by atoms with van der Waals surface area (Å²) in [7, 11) is 0. The number of nitrogens with zero attached hydrogens (tertiary/aromatic N) is 2. The van der Waals surface area contributed by atoms with Gasteiger partial charge in [-0.1, -0.05) is 0 Å². The summed E-state index contributed by atoms with van der Waals surface area (Å²) in [6.45, 7) is 3.88. The van der Waals surface area contributed by atoms with Crippen molar-refractivity contribution in [2.75, 3.05) is 0 Å². The number of rotatable bonds is 4. The van der Waals surface area contributed by atoms with Gasteiger partial charge in [0.2, 0.25) is 0 Å². The number of carbonyl (C=O) groups excluding carboxylic acids is 1. The molecule has 5 heteroatoms. The van der Waals surface area contributed by atoms with Crippen molar-refractivity contribution in [3.8, 4) is 0 Å². The van der Waals surface area contributed by atoms with Crippen LogP contribution in [-0.2, 0) is 17.6 Å².